The van der Waals surface area contributed by atoms with E-state index in [0.29, 0.717) is 10.2 Å². The van der Waals surface area contributed by atoms with E-state index >= 15 is 0 Å². The Kier molecular flexibility index (Phi) is 3.62. The highest BCUT2D eigenvalue weighted by atomic mass is 79.9. The summed E-state index contributed by atoms with van der Waals surface area (Å²) in [4.78, 5) is 15.9. The summed E-state index contributed by atoms with van der Waals surface area (Å²) in [6.45, 7) is 1.87. The third-order valence-electron chi connectivity index (χ3n) is 2.49. The predicted molar refractivity (Wildman–Crippen MR) is 72.7 cm³/mol. The van der Waals surface area contributed by atoms with Crippen LogP contribution in [0.5, 0.6) is 5.75 Å². The second kappa shape index (κ2) is 5.18. The Hall–Kier alpha value is -1.88. The first-order valence-corrected chi connectivity index (χ1v) is 6.07. The van der Waals surface area contributed by atoms with Crippen molar-refractivity contribution in [3.63, 3.8) is 0 Å². The molecule has 2 N–H and O–H groups in total. The van der Waals surface area contributed by atoms with E-state index in [9.17, 15) is 9.90 Å². The molecule has 1 aromatic heterocycles. The SMILES string of the molecule is Cc1ccncc1NC(=O)c1ccc(Br)cc1O. The van der Waals surface area contributed by atoms with Crippen molar-refractivity contribution in [1.82, 2.24) is 4.98 Å². The summed E-state index contributed by atoms with van der Waals surface area (Å²) >= 11 is 3.22. The van der Waals surface area contributed by atoms with Crippen molar-refractivity contribution < 1.29 is 9.90 Å². The number of halogens is 1. The number of carbonyl (C=O) groups is 1. The van der Waals surface area contributed by atoms with Crippen molar-refractivity contribution in [3.8, 4) is 5.75 Å². The van der Waals surface area contributed by atoms with Crippen LogP contribution in [0.1, 0.15) is 15.9 Å². The summed E-state index contributed by atoms with van der Waals surface area (Å²) in [5.74, 6) is -0.431. The third-order valence-corrected chi connectivity index (χ3v) is 2.98. The molecule has 0 saturated carbocycles. The number of aryl methyl sites for hydroxylation is 1. The lowest BCUT2D eigenvalue weighted by Crippen LogP contribution is -2.13. The van der Waals surface area contributed by atoms with E-state index in [1.165, 1.54) is 6.07 Å². The average Bonchev–Trinajstić information content (AvgIpc) is 2.32. The van der Waals surface area contributed by atoms with Gasteiger partial charge in [0, 0.05) is 10.7 Å². The monoisotopic (exact) mass is 306 g/mol. The van der Waals surface area contributed by atoms with Crippen molar-refractivity contribution >= 4 is 27.5 Å². The number of pyridine rings is 1. The molecule has 18 heavy (non-hydrogen) atoms. The normalized spacial score (nSPS) is 10.1. The van der Waals surface area contributed by atoms with Gasteiger partial charge in [-0.3, -0.25) is 9.78 Å². The van der Waals surface area contributed by atoms with E-state index in [4.69, 9.17) is 0 Å². The number of nitrogens with one attached hydrogen (secondary N) is 1. The number of rotatable bonds is 2. The summed E-state index contributed by atoms with van der Waals surface area (Å²) in [6.07, 6.45) is 3.23. The summed E-state index contributed by atoms with van der Waals surface area (Å²) in [5.41, 5.74) is 1.77. The molecule has 0 unspecified atom stereocenters. The first-order chi connectivity index (χ1) is 8.58. The van der Waals surface area contributed by atoms with Gasteiger partial charge in [-0.05, 0) is 36.8 Å². The van der Waals surface area contributed by atoms with Gasteiger partial charge in [0.15, 0.2) is 0 Å². The minimum atomic E-state index is -0.365. The number of anilines is 1. The maximum absolute atomic E-state index is 12.0. The molecule has 0 atom stereocenters. The van der Waals surface area contributed by atoms with Gasteiger partial charge in [-0.1, -0.05) is 15.9 Å². The highest BCUT2D eigenvalue weighted by Gasteiger charge is 2.12. The molecule has 0 bridgehead atoms. The summed E-state index contributed by atoms with van der Waals surface area (Å²) in [6, 6.07) is 6.53. The Morgan fingerprint density at radius 1 is 1.39 bits per heavy atom. The van der Waals surface area contributed by atoms with Gasteiger partial charge in [0.1, 0.15) is 5.75 Å². The number of benzene rings is 1. The number of amides is 1. The lowest BCUT2D eigenvalue weighted by molar-refractivity contribution is 0.102. The van der Waals surface area contributed by atoms with Crippen LogP contribution in [0.25, 0.3) is 0 Å². The zero-order valence-corrected chi connectivity index (χ0v) is 11.2. The number of aromatic nitrogens is 1. The summed E-state index contributed by atoms with van der Waals surface area (Å²) < 4.78 is 0.717. The quantitative estimate of drug-likeness (QED) is 0.896. The molecule has 92 valence electrons. The Labute approximate surface area is 113 Å². The van der Waals surface area contributed by atoms with E-state index in [-0.39, 0.29) is 17.2 Å². The fraction of sp³-hybridized carbons (Fsp3) is 0.0769. The van der Waals surface area contributed by atoms with Crippen LogP contribution in [0.15, 0.2) is 41.1 Å². The van der Waals surface area contributed by atoms with Gasteiger partial charge in [-0.15, -0.1) is 0 Å². The topological polar surface area (TPSA) is 62.2 Å². The van der Waals surface area contributed by atoms with Crippen LogP contribution in [0.3, 0.4) is 0 Å². The van der Waals surface area contributed by atoms with E-state index in [1.54, 1.807) is 30.6 Å². The number of carbonyl (C=O) groups excluding carboxylic acids is 1. The maximum atomic E-state index is 12.0. The molecule has 5 heteroatoms. The van der Waals surface area contributed by atoms with Crippen LogP contribution in [-0.4, -0.2) is 16.0 Å². The van der Waals surface area contributed by atoms with Crippen LogP contribution in [0.4, 0.5) is 5.69 Å². The second-order valence-electron chi connectivity index (χ2n) is 3.81. The van der Waals surface area contributed by atoms with Gasteiger partial charge in [0.25, 0.3) is 5.91 Å². The van der Waals surface area contributed by atoms with Crippen LogP contribution in [0.2, 0.25) is 0 Å². The van der Waals surface area contributed by atoms with Gasteiger partial charge in [-0.2, -0.15) is 0 Å². The molecule has 0 saturated heterocycles. The number of hydrogen-bond donors (Lipinski definition) is 2. The average molecular weight is 307 g/mol. The number of nitrogens with zero attached hydrogens (tertiary/aromatic N) is 1. The molecule has 0 fully saturated rings. The Balaban J connectivity index is 2.25. The molecule has 1 heterocycles. The van der Waals surface area contributed by atoms with Crippen molar-refractivity contribution in [2.45, 2.75) is 6.92 Å². The zero-order chi connectivity index (χ0) is 13.1. The van der Waals surface area contributed by atoms with E-state index in [1.807, 2.05) is 6.92 Å². The van der Waals surface area contributed by atoms with Crippen LogP contribution in [0, 0.1) is 6.92 Å². The molecule has 0 aliphatic rings. The third kappa shape index (κ3) is 2.68. The van der Waals surface area contributed by atoms with Crippen LogP contribution in [-0.2, 0) is 0 Å². The minimum absolute atomic E-state index is 0.0663. The van der Waals surface area contributed by atoms with Gasteiger partial charge < -0.3 is 10.4 Å². The van der Waals surface area contributed by atoms with Crippen LogP contribution >= 0.6 is 15.9 Å². The molecule has 2 rings (SSSR count). The molecule has 0 aliphatic heterocycles. The Bertz CT molecular complexity index is 599. The first-order valence-electron chi connectivity index (χ1n) is 5.28. The highest BCUT2D eigenvalue weighted by molar-refractivity contribution is 9.10. The zero-order valence-electron chi connectivity index (χ0n) is 9.64. The fourth-order valence-electron chi connectivity index (χ4n) is 1.48. The standard InChI is InChI=1S/C13H11BrN2O2/c1-8-4-5-15-7-11(8)16-13(18)10-3-2-9(14)6-12(10)17/h2-7,17H,1H3,(H,16,18). The minimum Gasteiger partial charge on any atom is -0.507 e. The predicted octanol–water partition coefficient (Wildman–Crippen LogP) is 3.11. The van der Waals surface area contributed by atoms with Gasteiger partial charge >= 0.3 is 0 Å². The van der Waals surface area contributed by atoms with Crippen molar-refractivity contribution in [2.24, 2.45) is 0 Å². The molecule has 0 aliphatic carbocycles. The highest BCUT2D eigenvalue weighted by Crippen LogP contribution is 2.23. The Morgan fingerprint density at radius 2 is 2.17 bits per heavy atom. The second-order valence-corrected chi connectivity index (χ2v) is 4.72. The maximum Gasteiger partial charge on any atom is 0.259 e. The molecule has 4 nitrogen and oxygen atoms in total. The molecule has 2 aromatic rings. The largest absolute Gasteiger partial charge is 0.507 e. The van der Waals surface area contributed by atoms with E-state index < -0.39 is 0 Å². The number of aromatic hydroxyl groups is 1. The van der Waals surface area contributed by atoms with Crippen molar-refractivity contribution in [1.29, 1.82) is 0 Å². The number of phenolic OH excluding ortho intramolecular Hbond substituents is 1. The lowest BCUT2D eigenvalue weighted by atomic mass is 10.1. The van der Waals surface area contributed by atoms with Crippen molar-refractivity contribution in [3.05, 3.63) is 52.3 Å². The van der Waals surface area contributed by atoms with Gasteiger partial charge in [0.2, 0.25) is 0 Å². The molecular formula is C13H11BrN2O2. The van der Waals surface area contributed by atoms with E-state index in [2.05, 4.69) is 26.2 Å². The molecular weight excluding hydrogens is 296 g/mol. The fourth-order valence-corrected chi connectivity index (χ4v) is 1.83. The number of phenols is 1. The first kappa shape index (κ1) is 12.6. The van der Waals surface area contributed by atoms with Gasteiger partial charge in [0.05, 0.1) is 17.4 Å². The molecule has 1 amide bonds. The lowest BCUT2D eigenvalue weighted by Gasteiger charge is -2.08. The smallest absolute Gasteiger partial charge is 0.259 e. The summed E-state index contributed by atoms with van der Waals surface area (Å²) in [5, 5.41) is 12.4. The van der Waals surface area contributed by atoms with Gasteiger partial charge in [-0.25, -0.2) is 0 Å². The number of hydrogen-bond acceptors (Lipinski definition) is 3. The van der Waals surface area contributed by atoms with E-state index in [0.717, 1.165) is 5.56 Å². The Morgan fingerprint density at radius 3 is 2.83 bits per heavy atom. The summed E-state index contributed by atoms with van der Waals surface area (Å²) in [7, 11) is 0. The molecule has 1 aromatic carbocycles. The van der Waals surface area contributed by atoms with Crippen molar-refractivity contribution in [2.75, 3.05) is 5.32 Å². The molecule has 0 radical (unpaired) electrons. The molecule has 0 spiro atoms. The van der Waals surface area contributed by atoms with Crippen LogP contribution < -0.4 is 5.32 Å².